The lowest BCUT2D eigenvalue weighted by atomic mass is 10.2. The van der Waals surface area contributed by atoms with E-state index in [1.807, 2.05) is 24.3 Å². The molecule has 0 amide bonds. The number of rotatable bonds is 5. The van der Waals surface area contributed by atoms with E-state index >= 15 is 0 Å². The van der Waals surface area contributed by atoms with Crippen LogP contribution in [0.2, 0.25) is 0 Å². The van der Waals surface area contributed by atoms with Gasteiger partial charge >= 0.3 is 0 Å². The van der Waals surface area contributed by atoms with Crippen LogP contribution >= 0.6 is 0 Å². The van der Waals surface area contributed by atoms with Gasteiger partial charge in [-0.1, -0.05) is 25.5 Å². The molecule has 0 bridgehead atoms. The number of anilines is 1. The maximum atomic E-state index is 5.67. The number of hydrogen-bond donors (Lipinski definition) is 1. The van der Waals surface area contributed by atoms with E-state index in [1.54, 1.807) is 0 Å². The number of hydrogen-bond acceptors (Lipinski definition) is 2. The van der Waals surface area contributed by atoms with Gasteiger partial charge in [0.15, 0.2) is 0 Å². The summed E-state index contributed by atoms with van der Waals surface area (Å²) >= 11 is 0. The van der Waals surface area contributed by atoms with Crippen LogP contribution < -0.4 is 5.73 Å². The summed E-state index contributed by atoms with van der Waals surface area (Å²) in [5.41, 5.74) is 7.61. The Morgan fingerprint density at radius 2 is 2.21 bits per heavy atom. The van der Waals surface area contributed by atoms with Gasteiger partial charge < -0.3 is 10.5 Å². The highest BCUT2D eigenvalue weighted by Crippen LogP contribution is 2.10. The molecule has 0 aliphatic rings. The molecule has 14 heavy (non-hydrogen) atoms. The highest BCUT2D eigenvalue weighted by molar-refractivity contribution is 5.40. The van der Waals surface area contributed by atoms with Crippen LogP contribution in [0.3, 0.4) is 0 Å². The van der Waals surface area contributed by atoms with Gasteiger partial charge in [-0.2, -0.15) is 0 Å². The molecule has 1 unspecified atom stereocenters. The summed E-state index contributed by atoms with van der Waals surface area (Å²) in [5.74, 6) is 0. The third-order valence-corrected chi connectivity index (χ3v) is 2.18. The number of nitrogens with two attached hydrogens (primary N) is 1. The molecule has 1 rings (SSSR count). The molecule has 2 N–H and O–H groups in total. The fraction of sp³-hybridized carbons (Fsp3) is 0.500. The van der Waals surface area contributed by atoms with Crippen LogP contribution in [0.15, 0.2) is 24.3 Å². The third kappa shape index (κ3) is 3.79. The number of nitrogen functional groups attached to an aromatic ring is 1. The Morgan fingerprint density at radius 1 is 1.43 bits per heavy atom. The van der Waals surface area contributed by atoms with Crippen LogP contribution in [0.1, 0.15) is 32.3 Å². The van der Waals surface area contributed by atoms with Crippen LogP contribution in [0.5, 0.6) is 0 Å². The van der Waals surface area contributed by atoms with Crippen LogP contribution in [0, 0.1) is 0 Å². The second-order valence-corrected chi connectivity index (χ2v) is 3.66. The van der Waals surface area contributed by atoms with E-state index in [9.17, 15) is 0 Å². The molecule has 0 saturated carbocycles. The molecular weight excluding hydrogens is 174 g/mol. The minimum Gasteiger partial charge on any atom is -0.399 e. The monoisotopic (exact) mass is 193 g/mol. The fourth-order valence-electron chi connectivity index (χ4n) is 1.41. The summed E-state index contributed by atoms with van der Waals surface area (Å²) in [6, 6.07) is 7.84. The van der Waals surface area contributed by atoms with Crippen molar-refractivity contribution in [1.29, 1.82) is 0 Å². The number of benzene rings is 1. The Labute approximate surface area is 86.1 Å². The van der Waals surface area contributed by atoms with E-state index in [2.05, 4.69) is 13.8 Å². The van der Waals surface area contributed by atoms with Crippen molar-refractivity contribution >= 4 is 5.69 Å². The van der Waals surface area contributed by atoms with Gasteiger partial charge in [-0.05, 0) is 31.0 Å². The van der Waals surface area contributed by atoms with Crippen molar-refractivity contribution in [2.45, 2.75) is 39.4 Å². The lowest BCUT2D eigenvalue weighted by Gasteiger charge is -2.11. The summed E-state index contributed by atoms with van der Waals surface area (Å²) in [5, 5.41) is 0. The maximum absolute atomic E-state index is 5.67. The van der Waals surface area contributed by atoms with Gasteiger partial charge in [0, 0.05) is 5.69 Å². The molecule has 0 spiro atoms. The zero-order valence-corrected chi connectivity index (χ0v) is 8.99. The quantitative estimate of drug-likeness (QED) is 0.730. The van der Waals surface area contributed by atoms with Gasteiger partial charge in [-0.15, -0.1) is 0 Å². The van der Waals surface area contributed by atoms with E-state index in [4.69, 9.17) is 10.5 Å². The summed E-state index contributed by atoms with van der Waals surface area (Å²) in [6.07, 6.45) is 2.61. The number of ether oxygens (including phenoxy) is 1. The minimum absolute atomic E-state index is 0.335. The van der Waals surface area contributed by atoms with E-state index < -0.39 is 0 Å². The van der Waals surface area contributed by atoms with Crippen LogP contribution in [-0.2, 0) is 11.3 Å². The average Bonchev–Trinajstić information content (AvgIpc) is 2.15. The lowest BCUT2D eigenvalue weighted by molar-refractivity contribution is 0.0472. The molecule has 0 aliphatic carbocycles. The summed E-state index contributed by atoms with van der Waals surface area (Å²) < 4.78 is 5.67. The molecule has 2 heteroatoms. The SMILES string of the molecule is CCCC(C)OCc1cccc(N)c1. The molecule has 0 aromatic heterocycles. The first kappa shape index (κ1) is 11.1. The van der Waals surface area contributed by atoms with Crippen molar-refractivity contribution in [3.8, 4) is 0 Å². The summed E-state index contributed by atoms with van der Waals surface area (Å²) in [4.78, 5) is 0. The van der Waals surface area contributed by atoms with Crippen molar-refractivity contribution in [3.63, 3.8) is 0 Å². The van der Waals surface area contributed by atoms with Crippen LogP contribution in [0.25, 0.3) is 0 Å². The topological polar surface area (TPSA) is 35.2 Å². The molecule has 0 heterocycles. The smallest absolute Gasteiger partial charge is 0.0721 e. The van der Waals surface area contributed by atoms with Crippen LogP contribution in [0.4, 0.5) is 5.69 Å². The lowest BCUT2D eigenvalue weighted by Crippen LogP contribution is -2.07. The van der Waals surface area contributed by atoms with Gasteiger partial charge in [0.25, 0.3) is 0 Å². The van der Waals surface area contributed by atoms with E-state index in [0.717, 1.165) is 24.1 Å². The average molecular weight is 193 g/mol. The van der Waals surface area contributed by atoms with E-state index in [0.29, 0.717) is 12.7 Å². The summed E-state index contributed by atoms with van der Waals surface area (Å²) in [6.45, 7) is 4.93. The maximum Gasteiger partial charge on any atom is 0.0721 e. The fourth-order valence-corrected chi connectivity index (χ4v) is 1.41. The normalized spacial score (nSPS) is 12.7. The Morgan fingerprint density at radius 3 is 2.86 bits per heavy atom. The zero-order valence-electron chi connectivity index (χ0n) is 8.99. The molecule has 2 nitrogen and oxygen atoms in total. The second-order valence-electron chi connectivity index (χ2n) is 3.66. The van der Waals surface area contributed by atoms with Gasteiger partial charge in [0.1, 0.15) is 0 Å². The Hall–Kier alpha value is -1.02. The van der Waals surface area contributed by atoms with Gasteiger partial charge in [0.05, 0.1) is 12.7 Å². The molecule has 1 aromatic carbocycles. The first-order valence-electron chi connectivity index (χ1n) is 5.18. The zero-order chi connectivity index (χ0) is 10.4. The van der Waals surface area contributed by atoms with Crippen molar-refractivity contribution in [3.05, 3.63) is 29.8 Å². The molecule has 0 radical (unpaired) electrons. The molecule has 0 saturated heterocycles. The minimum atomic E-state index is 0.335. The highest BCUT2D eigenvalue weighted by Gasteiger charge is 2.00. The molecule has 78 valence electrons. The standard InChI is InChI=1S/C12H19NO/c1-3-5-10(2)14-9-11-6-4-7-12(13)8-11/h4,6-8,10H,3,5,9,13H2,1-2H3. The first-order chi connectivity index (χ1) is 6.72. The van der Waals surface area contributed by atoms with E-state index in [1.165, 1.54) is 0 Å². The van der Waals surface area contributed by atoms with Gasteiger partial charge in [-0.25, -0.2) is 0 Å². The molecule has 1 atom stereocenters. The van der Waals surface area contributed by atoms with Crippen LogP contribution in [-0.4, -0.2) is 6.10 Å². The predicted molar refractivity (Wildman–Crippen MR) is 60.0 cm³/mol. The predicted octanol–water partition coefficient (Wildman–Crippen LogP) is 2.97. The largest absolute Gasteiger partial charge is 0.399 e. The molecule has 1 aromatic rings. The Kier molecular flexibility index (Phi) is 4.47. The van der Waals surface area contributed by atoms with Gasteiger partial charge in [-0.3, -0.25) is 0 Å². The van der Waals surface area contributed by atoms with Crippen molar-refractivity contribution in [2.24, 2.45) is 0 Å². The first-order valence-corrected chi connectivity index (χ1v) is 5.18. The Bertz CT molecular complexity index is 273. The second kappa shape index (κ2) is 5.66. The molecule has 0 aliphatic heterocycles. The Balaban J connectivity index is 2.37. The third-order valence-electron chi connectivity index (χ3n) is 2.18. The van der Waals surface area contributed by atoms with Crippen molar-refractivity contribution in [1.82, 2.24) is 0 Å². The van der Waals surface area contributed by atoms with Gasteiger partial charge in [0.2, 0.25) is 0 Å². The van der Waals surface area contributed by atoms with E-state index in [-0.39, 0.29) is 0 Å². The van der Waals surface area contributed by atoms with Crippen molar-refractivity contribution in [2.75, 3.05) is 5.73 Å². The highest BCUT2D eigenvalue weighted by atomic mass is 16.5. The molecule has 0 fully saturated rings. The van der Waals surface area contributed by atoms with Crippen molar-refractivity contribution < 1.29 is 4.74 Å². The molecular formula is C12H19NO. The summed E-state index contributed by atoms with van der Waals surface area (Å²) in [7, 11) is 0.